The van der Waals surface area contributed by atoms with Crippen LogP contribution in [0.5, 0.6) is 0 Å². The first kappa shape index (κ1) is 44.0. The SMILES string of the molecule is CCCCCCCCCCCCCCCCC[n+]1ccn(C(CCCCCCCCCCCCCC)C(C)(Cc2ccccc2)c2ccccc2)c1. The molecule has 2 atom stereocenters. The Kier molecular flexibility index (Phi) is 24.6. The highest BCUT2D eigenvalue weighted by atomic mass is 15.1. The van der Waals surface area contributed by atoms with Crippen LogP contribution in [-0.4, -0.2) is 4.57 Å². The molecular formula is C50H83N2+. The molecular weight excluding hydrogens is 629 g/mol. The number of unbranched alkanes of at least 4 members (excludes halogenated alkanes) is 25. The van der Waals surface area contributed by atoms with Gasteiger partial charge in [0.05, 0.1) is 6.54 Å². The van der Waals surface area contributed by atoms with Gasteiger partial charge in [0, 0.05) is 5.41 Å². The van der Waals surface area contributed by atoms with Crippen LogP contribution in [-0.2, 0) is 18.4 Å². The number of aryl methyl sites for hydroxylation is 1. The summed E-state index contributed by atoms with van der Waals surface area (Å²) in [5.41, 5.74) is 2.91. The zero-order valence-corrected chi connectivity index (χ0v) is 34.7. The largest absolute Gasteiger partial charge is 0.244 e. The molecule has 292 valence electrons. The second-order valence-electron chi connectivity index (χ2n) is 16.7. The van der Waals surface area contributed by atoms with Gasteiger partial charge in [-0.25, -0.2) is 9.13 Å². The Bertz CT molecular complexity index is 1200. The Morgan fingerprint density at radius 2 is 0.904 bits per heavy atom. The van der Waals surface area contributed by atoms with Gasteiger partial charge >= 0.3 is 0 Å². The van der Waals surface area contributed by atoms with Gasteiger partial charge < -0.3 is 0 Å². The van der Waals surface area contributed by atoms with Crippen LogP contribution in [0.2, 0.25) is 0 Å². The Labute approximate surface area is 323 Å². The van der Waals surface area contributed by atoms with E-state index in [9.17, 15) is 0 Å². The number of benzene rings is 2. The normalized spacial score (nSPS) is 13.4. The van der Waals surface area contributed by atoms with Crippen molar-refractivity contribution >= 4 is 0 Å². The molecule has 1 heterocycles. The molecule has 0 amide bonds. The molecule has 2 heteroatoms. The number of hydrogen-bond donors (Lipinski definition) is 0. The van der Waals surface area contributed by atoms with Crippen molar-refractivity contribution in [3.05, 3.63) is 90.5 Å². The van der Waals surface area contributed by atoms with Crippen molar-refractivity contribution in [2.45, 2.75) is 225 Å². The van der Waals surface area contributed by atoms with Gasteiger partial charge in [-0.2, -0.15) is 0 Å². The maximum Gasteiger partial charge on any atom is 0.244 e. The van der Waals surface area contributed by atoms with Crippen molar-refractivity contribution in [2.75, 3.05) is 0 Å². The Balaban J connectivity index is 1.47. The number of hydrogen-bond acceptors (Lipinski definition) is 0. The summed E-state index contributed by atoms with van der Waals surface area (Å²) in [6.07, 6.45) is 47.6. The molecule has 2 nitrogen and oxygen atoms in total. The zero-order chi connectivity index (χ0) is 36.8. The lowest BCUT2D eigenvalue weighted by Crippen LogP contribution is -2.38. The van der Waals surface area contributed by atoms with Crippen LogP contribution >= 0.6 is 0 Å². The molecule has 2 unspecified atom stereocenters. The van der Waals surface area contributed by atoms with Crippen molar-refractivity contribution < 1.29 is 4.57 Å². The van der Waals surface area contributed by atoms with Gasteiger partial charge in [0.1, 0.15) is 18.4 Å². The van der Waals surface area contributed by atoms with Gasteiger partial charge in [0.15, 0.2) is 0 Å². The standard InChI is InChI=1S/C50H83N2/c1-4-6-8-10-12-14-16-18-19-20-22-24-26-28-36-42-51-43-44-52(46-51)49(41-35-27-25-23-21-17-15-13-11-9-7-5-2)50(3,48-39-33-30-34-40-48)45-47-37-31-29-32-38-47/h29-34,37-40,43-44,46,49H,4-28,35-36,41-42,45H2,1-3H3/q+1. The number of rotatable bonds is 34. The monoisotopic (exact) mass is 712 g/mol. The summed E-state index contributed by atoms with van der Waals surface area (Å²) in [6, 6.07) is 23.1. The summed E-state index contributed by atoms with van der Waals surface area (Å²) in [4.78, 5) is 0. The molecule has 0 aliphatic heterocycles. The van der Waals surface area contributed by atoms with E-state index in [1.54, 1.807) is 0 Å². The fraction of sp³-hybridized carbons (Fsp3) is 0.700. The fourth-order valence-electron chi connectivity index (χ4n) is 8.62. The van der Waals surface area contributed by atoms with E-state index in [2.05, 4.69) is 109 Å². The van der Waals surface area contributed by atoms with Gasteiger partial charge in [-0.15, -0.1) is 0 Å². The number of aromatic nitrogens is 2. The Morgan fingerprint density at radius 3 is 1.37 bits per heavy atom. The molecule has 0 saturated heterocycles. The molecule has 2 aromatic carbocycles. The first-order valence-electron chi connectivity index (χ1n) is 22.8. The van der Waals surface area contributed by atoms with Gasteiger partial charge in [0.2, 0.25) is 6.33 Å². The molecule has 1 aromatic heterocycles. The minimum atomic E-state index is 0.00583. The maximum absolute atomic E-state index is 2.60. The van der Waals surface area contributed by atoms with E-state index < -0.39 is 0 Å². The minimum absolute atomic E-state index is 0.00583. The third kappa shape index (κ3) is 18.6. The molecule has 0 fully saturated rings. The molecule has 0 spiro atoms. The van der Waals surface area contributed by atoms with Crippen molar-refractivity contribution in [3.63, 3.8) is 0 Å². The number of imidazole rings is 1. The second kappa shape index (κ2) is 29.1. The van der Waals surface area contributed by atoms with E-state index in [-0.39, 0.29) is 5.41 Å². The van der Waals surface area contributed by atoms with Crippen LogP contribution in [0.25, 0.3) is 0 Å². The van der Waals surface area contributed by atoms with E-state index >= 15 is 0 Å². The average Bonchev–Trinajstić information content (AvgIpc) is 3.64. The first-order chi connectivity index (χ1) is 25.7. The van der Waals surface area contributed by atoms with Crippen molar-refractivity contribution in [1.82, 2.24) is 4.57 Å². The molecule has 0 bridgehead atoms. The lowest BCUT2D eigenvalue weighted by atomic mass is 9.70. The zero-order valence-electron chi connectivity index (χ0n) is 34.7. The van der Waals surface area contributed by atoms with Crippen LogP contribution in [0.3, 0.4) is 0 Å². The first-order valence-corrected chi connectivity index (χ1v) is 22.8. The molecule has 0 aliphatic rings. The maximum atomic E-state index is 2.60. The smallest absolute Gasteiger partial charge is 0.237 e. The van der Waals surface area contributed by atoms with Crippen molar-refractivity contribution in [3.8, 4) is 0 Å². The summed E-state index contributed by atoms with van der Waals surface area (Å²) < 4.78 is 5.07. The van der Waals surface area contributed by atoms with Gasteiger partial charge in [-0.3, -0.25) is 0 Å². The summed E-state index contributed by atoms with van der Waals surface area (Å²) in [5.74, 6) is 0. The van der Waals surface area contributed by atoms with Crippen molar-refractivity contribution in [1.29, 1.82) is 0 Å². The fourth-order valence-corrected chi connectivity index (χ4v) is 8.62. The van der Waals surface area contributed by atoms with Crippen molar-refractivity contribution in [2.24, 2.45) is 0 Å². The van der Waals surface area contributed by atoms with Gasteiger partial charge in [-0.1, -0.05) is 236 Å². The summed E-state index contributed by atoms with van der Waals surface area (Å²) in [5, 5.41) is 0. The molecule has 0 saturated carbocycles. The van der Waals surface area contributed by atoms with Crippen LogP contribution < -0.4 is 4.57 Å². The van der Waals surface area contributed by atoms with E-state index in [1.807, 2.05) is 0 Å². The summed E-state index contributed by atoms with van der Waals surface area (Å²) in [7, 11) is 0. The average molecular weight is 712 g/mol. The highest BCUT2D eigenvalue weighted by molar-refractivity contribution is 5.30. The van der Waals surface area contributed by atoms with Crippen LogP contribution in [0.15, 0.2) is 79.4 Å². The molecule has 0 N–H and O–H groups in total. The van der Waals surface area contributed by atoms with E-state index in [1.165, 1.54) is 191 Å². The topological polar surface area (TPSA) is 8.81 Å². The highest BCUT2D eigenvalue weighted by Crippen LogP contribution is 2.41. The third-order valence-corrected chi connectivity index (χ3v) is 12.0. The second-order valence-corrected chi connectivity index (χ2v) is 16.7. The van der Waals surface area contributed by atoms with E-state index in [0.29, 0.717) is 6.04 Å². The molecule has 0 radical (unpaired) electrons. The third-order valence-electron chi connectivity index (χ3n) is 12.0. The number of nitrogens with zero attached hydrogens (tertiary/aromatic N) is 2. The van der Waals surface area contributed by atoms with Crippen LogP contribution in [0, 0.1) is 0 Å². The van der Waals surface area contributed by atoms with Gasteiger partial charge in [-0.05, 0) is 43.2 Å². The van der Waals surface area contributed by atoms with Gasteiger partial charge in [0.25, 0.3) is 0 Å². The molecule has 0 aliphatic carbocycles. The summed E-state index contributed by atoms with van der Waals surface area (Å²) >= 11 is 0. The quantitative estimate of drug-likeness (QED) is 0.0431. The molecule has 3 rings (SSSR count). The van der Waals surface area contributed by atoms with Crippen LogP contribution in [0.1, 0.15) is 218 Å². The Morgan fingerprint density at radius 1 is 0.500 bits per heavy atom. The Hall–Kier alpha value is -2.35. The highest BCUT2D eigenvalue weighted by Gasteiger charge is 2.40. The lowest BCUT2D eigenvalue weighted by molar-refractivity contribution is -0.697. The lowest BCUT2D eigenvalue weighted by Gasteiger charge is -2.37. The minimum Gasteiger partial charge on any atom is -0.237 e. The van der Waals surface area contributed by atoms with E-state index in [4.69, 9.17) is 0 Å². The summed E-state index contributed by atoms with van der Waals surface area (Å²) in [6.45, 7) is 8.30. The molecule has 3 aromatic rings. The van der Waals surface area contributed by atoms with E-state index in [0.717, 1.165) is 13.0 Å². The molecule has 52 heavy (non-hydrogen) atoms. The predicted molar refractivity (Wildman–Crippen MR) is 228 cm³/mol. The predicted octanol–water partition coefficient (Wildman–Crippen LogP) is 15.5. The van der Waals surface area contributed by atoms with Crippen LogP contribution in [0.4, 0.5) is 0 Å².